The minimum atomic E-state index is -3.71. The van der Waals surface area contributed by atoms with E-state index in [9.17, 15) is 8.42 Å². The van der Waals surface area contributed by atoms with Crippen LogP contribution in [0.2, 0.25) is 0 Å². The van der Waals surface area contributed by atoms with Crippen molar-refractivity contribution >= 4 is 15.7 Å². The number of aromatic nitrogens is 1. The van der Waals surface area contributed by atoms with Crippen LogP contribution < -0.4 is 10.0 Å². The molecule has 0 aliphatic carbocycles. The zero-order valence-electron chi connectivity index (χ0n) is 11.2. The molecular formula is C13H17N3O3S. The lowest BCUT2D eigenvalue weighted by Crippen LogP contribution is -2.14. The Morgan fingerprint density at radius 3 is 2.85 bits per heavy atom. The summed E-state index contributed by atoms with van der Waals surface area (Å²) in [6, 6.07) is 6.37. The van der Waals surface area contributed by atoms with Gasteiger partial charge in [0.05, 0.1) is 18.4 Å². The molecule has 2 heterocycles. The molecule has 0 aliphatic rings. The molecule has 0 bridgehead atoms. The molecule has 2 rings (SSSR count). The minimum absolute atomic E-state index is 0.102. The second-order valence-corrected chi connectivity index (χ2v) is 5.86. The standard InChI is InChI=1S/C13H17N3O3S/c1-2-7-14-10-12-5-6-13(19-12)20(17,18)16-11-4-3-8-15-9-11/h3-6,8-9,14,16H,2,7,10H2,1H3. The molecule has 2 aromatic heterocycles. The molecule has 0 aromatic carbocycles. The summed E-state index contributed by atoms with van der Waals surface area (Å²) in [5.74, 6) is 0.588. The van der Waals surface area contributed by atoms with Gasteiger partial charge in [0.2, 0.25) is 5.09 Å². The number of furan rings is 1. The lowest BCUT2D eigenvalue weighted by atomic mass is 10.4. The Balaban J connectivity index is 2.06. The summed E-state index contributed by atoms with van der Waals surface area (Å²) in [5, 5.41) is 3.04. The Labute approximate surface area is 118 Å². The van der Waals surface area contributed by atoms with Gasteiger partial charge in [-0.15, -0.1) is 0 Å². The first-order chi connectivity index (χ1) is 9.62. The highest BCUT2D eigenvalue weighted by atomic mass is 32.2. The summed E-state index contributed by atoms with van der Waals surface area (Å²) in [5.41, 5.74) is 0.398. The second-order valence-electron chi connectivity index (χ2n) is 4.24. The van der Waals surface area contributed by atoms with Crippen LogP contribution in [0.5, 0.6) is 0 Å². The molecule has 0 saturated heterocycles. The third-order valence-electron chi connectivity index (χ3n) is 2.54. The molecule has 2 aromatic rings. The molecule has 20 heavy (non-hydrogen) atoms. The summed E-state index contributed by atoms with van der Waals surface area (Å²) in [7, 11) is -3.71. The number of hydrogen-bond acceptors (Lipinski definition) is 5. The van der Waals surface area contributed by atoms with Crippen LogP contribution in [0, 0.1) is 0 Å². The lowest BCUT2D eigenvalue weighted by Gasteiger charge is -2.04. The number of anilines is 1. The van der Waals surface area contributed by atoms with Gasteiger partial charge in [-0.25, -0.2) is 0 Å². The first-order valence-electron chi connectivity index (χ1n) is 6.34. The van der Waals surface area contributed by atoms with E-state index in [-0.39, 0.29) is 5.09 Å². The van der Waals surface area contributed by atoms with E-state index in [0.717, 1.165) is 13.0 Å². The SMILES string of the molecule is CCCNCc1ccc(S(=O)(=O)Nc2cccnc2)o1. The van der Waals surface area contributed by atoms with Crippen molar-refractivity contribution in [2.45, 2.75) is 25.0 Å². The summed E-state index contributed by atoms with van der Waals surface area (Å²) < 4.78 is 31.9. The Morgan fingerprint density at radius 1 is 1.30 bits per heavy atom. The normalized spacial score (nSPS) is 11.4. The van der Waals surface area contributed by atoms with Crippen LogP contribution in [0.25, 0.3) is 0 Å². The Hall–Kier alpha value is -1.86. The maximum atomic E-state index is 12.1. The Bertz CT molecular complexity index is 638. The molecule has 6 nitrogen and oxygen atoms in total. The van der Waals surface area contributed by atoms with Gasteiger partial charge in [-0.1, -0.05) is 6.92 Å². The molecule has 0 atom stereocenters. The van der Waals surface area contributed by atoms with Gasteiger partial charge < -0.3 is 9.73 Å². The lowest BCUT2D eigenvalue weighted by molar-refractivity contribution is 0.403. The van der Waals surface area contributed by atoms with Crippen molar-refractivity contribution < 1.29 is 12.8 Å². The number of hydrogen-bond donors (Lipinski definition) is 2. The summed E-state index contributed by atoms with van der Waals surface area (Å²) >= 11 is 0. The zero-order chi connectivity index (χ0) is 14.4. The topological polar surface area (TPSA) is 84.2 Å². The van der Waals surface area contributed by atoms with E-state index in [2.05, 4.69) is 21.9 Å². The van der Waals surface area contributed by atoms with E-state index in [1.807, 2.05) is 0 Å². The van der Waals surface area contributed by atoms with Crippen LogP contribution >= 0.6 is 0 Å². The molecule has 7 heteroatoms. The number of rotatable bonds is 7. The molecule has 2 N–H and O–H groups in total. The second kappa shape index (κ2) is 6.53. The van der Waals surface area contributed by atoms with Crippen molar-refractivity contribution in [1.29, 1.82) is 0 Å². The van der Waals surface area contributed by atoms with E-state index in [4.69, 9.17) is 4.42 Å². The minimum Gasteiger partial charge on any atom is -0.446 e. The highest BCUT2D eigenvalue weighted by Crippen LogP contribution is 2.17. The van der Waals surface area contributed by atoms with Crippen molar-refractivity contribution in [3.05, 3.63) is 42.4 Å². The van der Waals surface area contributed by atoms with Crippen molar-refractivity contribution in [1.82, 2.24) is 10.3 Å². The highest BCUT2D eigenvalue weighted by Gasteiger charge is 2.18. The van der Waals surface area contributed by atoms with Crippen molar-refractivity contribution in [2.75, 3.05) is 11.3 Å². The molecule has 0 saturated carbocycles. The number of sulfonamides is 1. The molecule has 0 fully saturated rings. The monoisotopic (exact) mass is 295 g/mol. The van der Waals surface area contributed by atoms with Crippen molar-refractivity contribution in [3.8, 4) is 0 Å². The third-order valence-corrected chi connectivity index (χ3v) is 3.80. The summed E-state index contributed by atoms with van der Waals surface area (Å²) in [6.45, 7) is 3.43. The van der Waals surface area contributed by atoms with E-state index in [1.54, 1.807) is 24.4 Å². The van der Waals surface area contributed by atoms with Gasteiger partial charge in [0.1, 0.15) is 5.76 Å². The van der Waals surface area contributed by atoms with Gasteiger partial charge in [0, 0.05) is 6.20 Å². The van der Waals surface area contributed by atoms with E-state index >= 15 is 0 Å². The van der Waals surface area contributed by atoms with Crippen LogP contribution in [-0.2, 0) is 16.6 Å². The first kappa shape index (κ1) is 14.5. The van der Waals surface area contributed by atoms with Gasteiger partial charge in [0.25, 0.3) is 10.0 Å². The fourth-order valence-corrected chi connectivity index (χ4v) is 2.61. The van der Waals surface area contributed by atoms with Gasteiger partial charge in [-0.2, -0.15) is 8.42 Å². The van der Waals surface area contributed by atoms with Crippen molar-refractivity contribution in [2.24, 2.45) is 0 Å². The van der Waals surface area contributed by atoms with E-state index < -0.39 is 10.0 Å². The molecular weight excluding hydrogens is 278 g/mol. The average molecular weight is 295 g/mol. The molecule has 0 radical (unpaired) electrons. The van der Waals surface area contributed by atoms with Gasteiger partial charge in [0.15, 0.2) is 0 Å². The maximum absolute atomic E-state index is 12.1. The van der Waals surface area contributed by atoms with Crippen LogP contribution in [0.4, 0.5) is 5.69 Å². The first-order valence-corrected chi connectivity index (χ1v) is 7.82. The van der Waals surface area contributed by atoms with Crippen LogP contribution in [0.3, 0.4) is 0 Å². The van der Waals surface area contributed by atoms with Gasteiger partial charge in [-0.3, -0.25) is 9.71 Å². The average Bonchev–Trinajstić information content (AvgIpc) is 2.89. The Kier molecular flexibility index (Phi) is 4.75. The number of nitrogens with zero attached hydrogens (tertiary/aromatic N) is 1. The fraction of sp³-hybridized carbons (Fsp3) is 0.308. The number of nitrogens with one attached hydrogen (secondary N) is 2. The van der Waals surface area contributed by atoms with Crippen LogP contribution in [-0.4, -0.2) is 19.9 Å². The molecule has 0 unspecified atom stereocenters. The van der Waals surface area contributed by atoms with Gasteiger partial charge in [-0.05, 0) is 37.2 Å². The van der Waals surface area contributed by atoms with Crippen LogP contribution in [0.15, 0.2) is 46.2 Å². The predicted molar refractivity (Wildman–Crippen MR) is 75.8 cm³/mol. The van der Waals surface area contributed by atoms with Crippen LogP contribution in [0.1, 0.15) is 19.1 Å². The Morgan fingerprint density at radius 2 is 2.15 bits per heavy atom. The summed E-state index contributed by atoms with van der Waals surface area (Å²) in [6.07, 6.45) is 4.01. The number of pyridine rings is 1. The fourth-order valence-electron chi connectivity index (χ4n) is 1.61. The van der Waals surface area contributed by atoms with Gasteiger partial charge >= 0.3 is 0 Å². The smallest absolute Gasteiger partial charge is 0.295 e. The quantitative estimate of drug-likeness (QED) is 0.763. The molecule has 0 spiro atoms. The molecule has 108 valence electrons. The molecule has 0 aliphatic heterocycles. The highest BCUT2D eigenvalue weighted by molar-refractivity contribution is 7.92. The molecule has 0 amide bonds. The van der Waals surface area contributed by atoms with E-state index in [1.165, 1.54) is 12.3 Å². The zero-order valence-corrected chi connectivity index (χ0v) is 12.0. The van der Waals surface area contributed by atoms with Crippen molar-refractivity contribution in [3.63, 3.8) is 0 Å². The summed E-state index contributed by atoms with van der Waals surface area (Å²) in [4.78, 5) is 3.85. The van der Waals surface area contributed by atoms with E-state index in [0.29, 0.717) is 18.0 Å². The largest absolute Gasteiger partial charge is 0.446 e. The maximum Gasteiger partial charge on any atom is 0.295 e. The third kappa shape index (κ3) is 3.82. The predicted octanol–water partition coefficient (Wildman–Crippen LogP) is 1.98.